The van der Waals surface area contributed by atoms with E-state index < -0.39 is 0 Å². The third-order valence-electron chi connectivity index (χ3n) is 9.16. The van der Waals surface area contributed by atoms with E-state index in [1.807, 2.05) is 39.8 Å². The summed E-state index contributed by atoms with van der Waals surface area (Å²) in [6, 6.07) is 51.0. The molecule has 0 saturated carbocycles. The first-order valence-electron chi connectivity index (χ1n) is 17.3. The van der Waals surface area contributed by atoms with Crippen LogP contribution in [-0.2, 0) is 0 Å². The minimum atomic E-state index is -0.111. The maximum Gasteiger partial charge on any atom is 0.272 e. The van der Waals surface area contributed by atoms with E-state index in [4.69, 9.17) is 15.0 Å². The van der Waals surface area contributed by atoms with E-state index in [0.29, 0.717) is 0 Å². The Balaban J connectivity index is 0.000000843. The van der Waals surface area contributed by atoms with Crippen molar-refractivity contribution >= 4 is 61.8 Å². The fraction of sp³-hybridized carbons (Fsp3) is 0.0930. The van der Waals surface area contributed by atoms with E-state index in [1.165, 1.54) is 21.7 Å². The van der Waals surface area contributed by atoms with Gasteiger partial charge in [-0.15, -0.1) is 0 Å². The zero-order valence-electron chi connectivity index (χ0n) is 28.2. The molecule has 1 aliphatic rings. The van der Waals surface area contributed by atoms with Crippen LogP contribution in [-0.4, -0.2) is 30.6 Å². The van der Waals surface area contributed by atoms with Crippen LogP contribution in [0.2, 0.25) is 0 Å². The van der Waals surface area contributed by atoms with Crippen LogP contribution in [0.3, 0.4) is 0 Å². The first-order valence-corrected chi connectivity index (χ1v) is 17.3. The number of aromatic nitrogens is 5. The number of hydrogen-bond acceptors (Lipinski definition) is 3. The summed E-state index contributed by atoms with van der Waals surface area (Å²) in [5.74, 6) is 1.64. The second-order valence-electron chi connectivity index (χ2n) is 11.7. The Kier molecular flexibility index (Phi) is 7.77. The lowest BCUT2D eigenvalue weighted by Gasteiger charge is -2.29. The van der Waals surface area contributed by atoms with Crippen molar-refractivity contribution in [3.63, 3.8) is 0 Å². The van der Waals surface area contributed by atoms with Crippen LogP contribution in [0, 0.1) is 0 Å². The van der Waals surface area contributed by atoms with Crippen LogP contribution in [0.5, 0.6) is 0 Å². The molecule has 0 fully saturated rings. The standard InChI is InChI=1S/C39H24BN5.2C2H6/c1-4-13-26(14-5-1)34-35(27-15-6-2-7-16-27)43-38-37(42-34)40(28-18-8-3-9-19-28)29-24-23-25-17-12-22-32-33(25)36(29)45(38)39-41-30-20-10-11-21-31(30)44(32)39;2*1-2/h1-24H;2*1-2H3. The van der Waals surface area contributed by atoms with Gasteiger partial charge in [-0.25, -0.2) is 9.97 Å². The van der Waals surface area contributed by atoms with Crippen LogP contribution in [0.15, 0.2) is 146 Å². The molecule has 0 amide bonds. The van der Waals surface area contributed by atoms with E-state index in [1.54, 1.807) is 0 Å². The Bertz CT molecular complexity index is 2590. The average Bonchev–Trinajstić information content (AvgIpc) is 3.59. The number of hydrogen-bond donors (Lipinski definition) is 0. The van der Waals surface area contributed by atoms with E-state index >= 15 is 0 Å². The number of para-hydroxylation sites is 2. The second-order valence-corrected chi connectivity index (χ2v) is 11.7. The topological polar surface area (TPSA) is 48.0 Å². The SMILES string of the molecule is CC.CC.c1ccc(B2c3nc(-c4ccccc4)c(-c4ccccc4)nc3-n3c4c2ccc2cccc(c24)n2c4ccccc4nc32)cc1. The lowest BCUT2D eigenvalue weighted by Crippen LogP contribution is -2.58. The van der Waals surface area contributed by atoms with Crippen LogP contribution in [0.1, 0.15) is 27.7 Å². The first-order chi connectivity index (χ1) is 24.3. The smallest absolute Gasteiger partial charge is 0.272 e. The van der Waals surface area contributed by atoms with Crippen LogP contribution >= 0.6 is 0 Å². The maximum atomic E-state index is 5.60. The number of imidazole rings is 1. The Hall–Kier alpha value is -6.01. The zero-order valence-corrected chi connectivity index (χ0v) is 28.2. The number of fused-ring (bicyclic) bond motifs is 7. The second kappa shape index (κ2) is 12.5. The number of nitrogens with zero attached hydrogens (tertiary/aromatic N) is 5. The maximum absolute atomic E-state index is 5.60. The highest BCUT2D eigenvalue weighted by molar-refractivity contribution is 6.97. The molecule has 9 aromatic rings. The molecule has 5 nitrogen and oxygen atoms in total. The molecule has 10 rings (SSSR count). The van der Waals surface area contributed by atoms with Crippen molar-refractivity contribution in [2.45, 2.75) is 27.7 Å². The average molecular weight is 634 g/mol. The molecular formula is C43H36BN5. The van der Waals surface area contributed by atoms with Gasteiger partial charge < -0.3 is 0 Å². The number of benzene rings is 6. The van der Waals surface area contributed by atoms with Gasteiger partial charge >= 0.3 is 0 Å². The van der Waals surface area contributed by atoms with Gasteiger partial charge in [0.15, 0.2) is 5.82 Å². The molecule has 0 N–H and O–H groups in total. The molecule has 0 bridgehead atoms. The molecule has 0 atom stereocenters. The van der Waals surface area contributed by atoms with E-state index in [0.717, 1.165) is 61.8 Å². The van der Waals surface area contributed by atoms with Gasteiger partial charge in [0.05, 0.1) is 39.0 Å². The lowest BCUT2D eigenvalue weighted by atomic mass is 9.37. The van der Waals surface area contributed by atoms with Crippen LogP contribution < -0.4 is 16.5 Å². The predicted octanol–water partition coefficient (Wildman–Crippen LogP) is 8.59. The fourth-order valence-electron chi connectivity index (χ4n) is 7.24. The molecule has 49 heavy (non-hydrogen) atoms. The largest absolute Gasteiger partial charge is 0.277 e. The quantitative estimate of drug-likeness (QED) is 0.183. The number of rotatable bonds is 3. The molecular weight excluding hydrogens is 597 g/mol. The van der Waals surface area contributed by atoms with Crippen molar-refractivity contribution < 1.29 is 0 Å². The van der Waals surface area contributed by atoms with Gasteiger partial charge in [0, 0.05) is 16.5 Å². The summed E-state index contributed by atoms with van der Waals surface area (Å²) >= 11 is 0. The summed E-state index contributed by atoms with van der Waals surface area (Å²) in [5.41, 5.74) is 11.4. The highest BCUT2D eigenvalue weighted by Crippen LogP contribution is 2.36. The fourth-order valence-corrected chi connectivity index (χ4v) is 7.24. The third-order valence-corrected chi connectivity index (χ3v) is 9.16. The Morgan fingerprint density at radius 1 is 0.510 bits per heavy atom. The van der Waals surface area contributed by atoms with Gasteiger partial charge in [-0.1, -0.05) is 161 Å². The molecule has 6 aromatic carbocycles. The molecule has 0 aliphatic carbocycles. The van der Waals surface area contributed by atoms with Gasteiger partial charge in [-0.05, 0) is 29.0 Å². The molecule has 4 heterocycles. The van der Waals surface area contributed by atoms with Crippen LogP contribution in [0.25, 0.3) is 66.9 Å². The van der Waals surface area contributed by atoms with Gasteiger partial charge in [0.1, 0.15) is 0 Å². The van der Waals surface area contributed by atoms with Crippen molar-refractivity contribution in [3.8, 4) is 28.3 Å². The Labute approximate surface area is 286 Å². The summed E-state index contributed by atoms with van der Waals surface area (Å²) in [7, 11) is 0. The van der Waals surface area contributed by atoms with Gasteiger partial charge in [-0.3, -0.25) is 14.0 Å². The van der Waals surface area contributed by atoms with Crippen molar-refractivity contribution in [3.05, 3.63) is 146 Å². The van der Waals surface area contributed by atoms with Gasteiger partial charge in [0.2, 0.25) is 5.78 Å². The summed E-state index contributed by atoms with van der Waals surface area (Å²) in [6.07, 6.45) is 0. The molecule has 0 spiro atoms. The normalized spacial score (nSPS) is 11.6. The van der Waals surface area contributed by atoms with Crippen molar-refractivity contribution in [1.82, 2.24) is 23.9 Å². The molecule has 1 aliphatic heterocycles. The van der Waals surface area contributed by atoms with Crippen molar-refractivity contribution in [1.29, 1.82) is 0 Å². The molecule has 0 unspecified atom stereocenters. The van der Waals surface area contributed by atoms with Crippen molar-refractivity contribution in [2.75, 3.05) is 0 Å². The Morgan fingerprint density at radius 2 is 1.10 bits per heavy atom. The van der Waals surface area contributed by atoms with Gasteiger partial charge in [-0.2, -0.15) is 0 Å². The highest BCUT2D eigenvalue weighted by Gasteiger charge is 2.37. The summed E-state index contributed by atoms with van der Waals surface area (Å²) < 4.78 is 4.56. The summed E-state index contributed by atoms with van der Waals surface area (Å²) in [5, 5.41) is 2.39. The monoisotopic (exact) mass is 633 g/mol. The summed E-state index contributed by atoms with van der Waals surface area (Å²) in [4.78, 5) is 16.5. The van der Waals surface area contributed by atoms with E-state index in [-0.39, 0.29) is 6.71 Å². The Morgan fingerprint density at radius 3 is 1.80 bits per heavy atom. The summed E-state index contributed by atoms with van der Waals surface area (Å²) in [6.45, 7) is 7.89. The molecule has 236 valence electrons. The third kappa shape index (κ3) is 4.67. The van der Waals surface area contributed by atoms with E-state index in [2.05, 4.69) is 142 Å². The minimum Gasteiger partial charge on any atom is -0.277 e. The predicted molar refractivity (Wildman–Crippen MR) is 207 cm³/mol. The van der Waals surface area contributed by atoms with Crippen LogP contribution in [0.4, 0.5) is 0 Å². The molecule has 0 radical (unpaired) electrons. The van der Waals surface area contributed by atoms with Crippen molar-refractivity contribution in [2.24, 2.45) is 0 Å². The lowest BCUT2D eigenvalue weighted by molar-refractivity contribution is 1.00. The van der Waals surface area contributed by atoms with E-state index in [9.17, 15) is 0 Å². The highest BCUT2D eigenvalue weighted by atomic mass is 15.2. The van der Waals surface area contributed by atoms with Gasteiger partial charge in [0.25, 0.3) is 6.71 Å². The first kappa shape index (κ1) is 30.3. The zero-order chi connectivity index (χ0) is 33.5. The minimum absolute atomic E-state index is 0.111. The molecule has 3 aromatic heterocycles. The molecule has 6 heteroatoms. The molecule has 0 saturated heterocycles.